The number of hydrogen-bond donors (Lipinski definition) is 1. The van der Waals surface area contributed by atoms with Crippen molar-refractivity contribution in [2.24, 2.45) is 0 Å². The highest BCUT2D eigenvalue weighted by atomic mass is 16.2. The number of carbonyl (C=O) groups excluding carboxylic acids is 1. The molecule has 0 aromatic carbocycles. The highest BCUT2D eigenvalue weighted by Crippen LogP contribution is 2.18. The van der Waals surface area contributed by atoms with E-state index in [2.05, 4.69) is 27.0 Å². The fraction of sp³-hybridized carbons (Fsp3) is 0.714. The van der Waals surface area contributed by atoms with Crippen LogP contribution in [0.3, 0.4) is 0 Å². The largest absolute Gasteiger partial charge is 0.336 e. The Morgan fingerprint density at radius 2 is 1.90 bits per heavy atom. The summed E-state index contributed by atoms with van der Waals surface area (Å²) in [5, 5.41) is 6.55. The van der Waals surface area contributed by atoms with Crippen LogP contribution in [0.4, 0.5) is 0 Å². The van der Waals surface area contributed by atoms with Crippen molar-refractivity contribution < 1.29 is 4.79 Å². The molecule has 1 N–H and O–H groups in total. The summed E-state index contributed by atoms with van der Waals surface area (Å²) in [5.41, 5.74) is 0.665. The number of piperidine rings is 1. The molecule has 0 aliphatic carbocycles. The maximum Gasteiger partial charge on any atom is 0.257 e. The second kappa shape index (κ2) is 5.93. The van der Waals surface area contributed by atoms with Crippen LogP contribution in [0.15, 0.2) is 12.4 Å². The Morgan fingerprint density at radius 3 is 2.50 bits per heavy atom. The summed E-state index contributed by atoms with van der Waals surface area (Å²) >= 11 is 0. The monoisotopic (exact) mass is 277 g/mol. The number of piperazine rings is 1. The van der Waals surface area contributed by atoms with Gasteiger partial charge in [-0.1, -0.05) is 0 Å². The summed E-state index contributed by atoms with van der Waals surface area (Å²) in [6.45, 7) is 6.04. The van der Waals surface area contributed by atoms with Crippen molar-refractivity contribution in [3.8, 4) is 0 Å². The topological polar surface area (TPSA) is 55.5 Å². The Balaban J connectivity index is 1.51. The van der Waals surface area contributed by atoms with Crippen LogP contribution in [0.25, 0.3) is 0 Å². The molecule has 110 valence electrons. The number of amides is 1. The quantitative estimate of drug-likeness (QED) is 0.842. The molecular formula is C14H23N5O. The van der Waals surface area contributed by atoms with E-state index in [1.165, 1.54) is 25.9 Å². The number of aromatic amines is 1. The molecular weight excluding hydrogens is 254 g/mol. The van der Waals surface area contributed by atoms with Gasteiger partial charge in [-0.15, -0.1) is 0 Å². The zero-order valence-electron chi connectivity index (χ0n) is 12.1. The van der Waals surface area contributed by atoms with Crippen LogP contribution in [0.1, 0.15) is 23.2 Å². The van der Waals surface area contributed by atoms with E-state index in [9.17, 15) is 4.79 Å². The van der Waals surface area contributed by atoms with Gasteiger partial charge in [-0.3, -0.25) is 14.8 Å². The van der Waals surface area contributed by atoms with Gasteiger partial charge in [0.25, 0.3) is 5.91 Å². The highest BCUT2D eigenvalue weighted by molar-refractivity contribution is 5.93. The van der Waals surface area contributed by atoms with Crippen LogP contribution in [0, 0.1) is 0 Å². The average Bonchev–Trinajstić information content (AvgIpc) is 3.02. The lowest BCUT2D eigenvalue weighted by Gasteiger charge is -2.42. The van der Waals surface area contributed by atoms with E-state index in [4.69, 9.17) is 0 Å². The van der Waals surface area contributed by atoms with E-state index < -0.39 is 0 Å². The number of hydrogen-bond acceptors (Lipinski definition) is 4. The Morgan fingerprint density at radius 1 is 1.20 bits per heavy atom. The molecule has 6 heteroatoms. The number of nitrogens with zero attached hydrogens (tertiary/aromatic N) is 4. The van der Waals surface area contributed by atoms with Gasteiger partial charge in [0.15, 0.2) is 0 Å². The third-order valence-electron chi connectivity index (χ3n) is 4.55. The summed E-state index contributed by atoms with van der Waals surface area (Å²) in [5.74, 6) is 0.0989. The first kappa shape index (κ1) is 13.6. The number of aromatic nitrogens is 2. The second-order valence-electron chi connectivity index (χ2n) is 5.85. The number of carbonyl (C=O) groups is 1. The number of rotatable bonds is 2. The molecule has 2 fully saturated rings. The van der Waals surface area contributed by atoms with E-state index in [1.807, 2.05) is 4.90 Å². The maximum absolute atomic E-state index is 12.2. The molecule has 2 aliphatic rings. The fourth-order valence-corrected chi connectivity index (χ4v) is 3.20. The summed E-state index contributed by atoms with van der Waals surface area (Å²) in [6.07, 6.45) is 5.79. The maximum atomic E-state index is 12.2. The van der Waals surface area contributed by atoms with Crippen molar-refractivity contribution in [2.75, 3.05) is 46.3 Å². The highest BCUT2D eigenvalue weighted by Gasteiger charge is 2.28. The Kier molecular flexibility index (Phi) is 4.03. The molecule has 3 heterocycles. The van der Waals surface area contributed by atoms with Crippen molar-refractivity contribution in [3.63, 3.8) is 0 Å². The van der Waals surface area contributed by atoms with Crippen LogP contribution in [-0.4, -0.2) is 83.2 Å². The van der Waals surface area contributed by atoms with Gasteiger partial charge >= 0.3 is 0 Å². The van der Waals surface area contributed by atoms with Gasteiger partial charge in [0.2, 0.25) is 0 Å². The van der Waals surface area contributed by atoms with E-state index >= 15 is 0 Å². The third-order valence-corrected chi connectivity index (χ3v) is 4.55. The van der Waals surface area contributed by atoms with Gasteiger partial charge in [-0.25, -0.2) is 0 Å². The van der Waals surface area contributed by atoms with Gasteiger partial charge in [0.1, 0.15) is 0 Å². The molecule has 1 aromatic rings. The molecule has 0 unspecified atom stereocenters. The van der Waals surface area contributed by atoms with Crippen LogP contribution >= 0.6 is 0 Å². The lowest BCUT2D eigenvalue weighted by Crippen LogP contribution is -2.54. The zero-order valence-corrected chi connectivity index (χ0v) is 12.1. The van der Waals surface area contributed by atoms with Gasteiger partial charge < -0.3 is 9.80 Å². The van der Waals surface area contributed by atoms with Gasteiger partial charge in [-0.05, 0) is 33.0 Å². The standard InChI is InChI=1S/C14H23N5O/c1-17-4-2-13(3-5-17)18-6-8-19(9-7-18)14(20)12-10-15-16-11-12/h10-11,13H,2-9H2,1H3,(H,15,16). The molecule has 0 bridgehead atoms. The average molecular weight is 277 g/mol. The van der Waals surface area contributed by atoms with Gasteiger partial charge in [0, 0.05) is 38.4 Å². The predicted octanol–water partition coefficient (Wildman–Crippen LogP) is 0.262. The molecule has 6 nitrogen and oxygen atoms in total. The van der Waals surface area contributed by atoms with Crippen molar-refractivity contribution in [1.82, 2.24) is 24.9 Å². The van der Waals surface area contributed by atoms with Gasteiger partial charge in [0.05, 0.1) is 11.8 Å². The van der Waals surface area contributed by atoms with Crippen molar-refractivity contribution in [3.05, 3.63) is 18.0 Å². The molecule has 2 aliphatic heterocycles. The molecule has 0 radical (unpaired) electrons. The molecule has 1 aromatic heterocycles. The summed E-state index contributed by atoms with van der Waals surface area (Å²) in [6, 6.07) is 0.706. The molecule has 0 spiro atoms. The van der Waals surface area contributed by atoms with Crippen LogP contribution < -0.4 is 0 Å². The Bertz CT molecular complexity index is 430. The summed E-state index contributed by atoms with van der Waals surface area (Å²) < 4.78 is 0. The Hall–Kier alpha value is -1.40. The number of H-pyrrole nitrogens is 1. The number of likely N-dealkylation sites (tertiary alicyclic amines) is 1. The number of nitrogens with one attached hydrogen (secondary N) is 1. The minimum atomic E-state index is 0.0989. The zero-order chi connectivity index (χ0) is 13.9. The smallest absolute Gasteiger partial charge is 0.257 e. The molecule has 1 amide bonds. The van der Waals surface area contributed by atoms with Crippen molar-refractivity contribution in [1.29, 1.82) is 0 Å². The van der Waals surface area contributed by atoms with E-state index in [-0.39, 0.29) is 5.91 Å². The van der Waals surface area contributed by atoms with Crippen molar-refractivity contribution in [2.45, 2.75) is 18.9 Å². The van der Waals surface area contributed by atoms with Crippen molar-refractivity contribution >= 4 is 5.91 Å². The van der Waals surface area contributed by atoms with E-state index in [0.717, 1.165) is 26.2 Å². The first-order valence-corrected chi connectivity index (χ1v) is 7.44. The molecule has 3 rings (SSSR count). The van der Waals surface area contributed by atoms with Crippen LogP contribution in [0.2, 0.25) is 0 Å². The van der Waals surface area contributed by atoms with Crippen LogP contribution in [-0.2, 0) is 0 Å². The molecule has 20 heavy (non-hydrogen) atoms. The third kappa shape index (κ3) is 2.86. The minimum Gasteiger partial charge on any atom is -0.336 e. The first-order valence-electron chi connectivity index (χ1n) is 7.44. The fourth-order valence-electron chi connectivity index (χ4n) is 3.20. The SMILES string of the molecule is CN1CCC(N2CCN(C(=O)c3cn[nH]c3)CC2)CC1. The second-order valence-corrected chi connectivity index (χ2v) is 5.85. The van der Waals surface area contributed by atoms with E-state index in [0.29, 0.717) is 11.6 Å². The molecule has 0 saturated carbocycles. The summed E-state index contributed by atoms with van der Waals surface area (Å²) in [4.78, 5) is 19.1. The Labute approximate surface area is 119 Å². The lowest BCUT2D eigenvalue weighted by atomic mass is 10.0. The van der Waals surface area contributed by atoms with E-state index in [1.54, 1.807) is 12.4 Å². The summed E-state index contributed by atoms with van der Waals surface area (Å²) in [7, 11) is 2.19. The normalized spacial score (nSPS) is 23.1. The minimum absolute atomic E-state index is 0.0989. The lowest BCUT2D eigenvalue weighted by molar-refractivity contribution is 0.0475. The molecule has 2 saturated heterocycles. The first-order chi connectivity index (χ1) is 9.74. The van der Waals surface area contributed by atoms with Crippen LogP contribution in [0.5, 0.6) is 0 Å². The molecule has 0 atom stereocenters. The van der Waals surface area contributed by atoms with Gasteiger partial charge in [-0.2, -0.15) is 5.10 Å². The predicted molar refractivity (Wildman–Crippen MR) is 76.6 cm³/mol.